The van der Waals surface area contributed by atoms with Crippen LogP contribution in [0.5, 0.6) is 0 Å². The molecule has 7 nitrogen and oxygen atoms in total. The van der Waals surface area contributed by atoms with Gasteiger partial charge >= 0.3 is 0 Å². The molecule has 3 aromatic rings. The molecule has 0 aliphatic carbocycles. The summed E-state index contributed by atoms with van der Waals surface area (Å²) in [6.07, 6.45) is 4.80. The van der Waals surface area contributed by atoms with Gasteiger partial charge in [0.2, 0.25) is 0 Å². The van der Waals surface area contributed by atoms with Crippen molar-refractivity contribution in [3.05, 3.63) is 65.4 Å². The molecule has 0 spiro atoms. The Bertz CT molecular complexity index is 1090. The number of nitrogen functional groups attached to an aromatic ring is 1. The van der Waals surface area contributed by atoms with E-state index < -0.39 is 0 Å². The molecule has 7 heteroatoms. The second kappa shape index (κ2) is 9.44. The number of nitrogens with one attached hydrogen (secondary N) is 3. The number of amides is 1. The van der Waals surface area contributed by atoms with E-state index in [0.29, 0.717) is 30.1 Å². The molecule has 0 atom stereocenters. The first-order chi connectivity index (χ1) is 15.4. The van der Waals surface area contributed by atoms with Gasteiger partial charge in [0.15, 0.2) is 0 Å². The number of fused-ring (bicyclic) bond motifs is 1. The summed E-state index contributed by atoms with van der Waals surface area (Å²) in [6.45, 7) is 2.64. The Balaban J connectivity index is 1.30. The van der Waals surface area contributed by atoms with Gasteiger partial charge in [0, 0.05) is 59.6 Å². The number of anilines is 1. The van der Waals surface area contributed by atoms with Crippen molar-refractivity contribution in [3.8, 4) is 0 Å². The number of aromatic amines is 1. The highest BCUT2D eigenvalue weighted by Crippen LogP contribution is 2.22. The maximum Gasteiger partial charge on any atom is 0.251 e. The van der Waals surface area contributed by atoms with Gasteiger partial charge in [0.05, 0.1) is 0 Å². The number of piperidine rings is 1. The lowest BCUT2D eigenvalue weighted by Gasteiger charge is -2.36. The molecule has 2 aromatic carbocycles. The Hall–Kier alpha value is -3.32. The first kappa shape index (κ1) is 21.9. The average molecular weight is 433 g/mol. The van der Waals surface area contributed by atoms with Crippen molar-refractivity contribution in [1.82, 2.24) is 15.2 Å². The van der Waals surface area contributed by atoms with Crippen LogP contribution in [0.4, 0.5) is 5.69 Å². The van der Waals surface area contributed by atoms with E-state index in [1.54, 1.807) is 6.20 Å². The zero-order valence-corrected chi connectivity index (χ0v) is 18.8. The standard InChI is InChI=1S/C25H32N6O/c1-30(2)19-10-13-31(14-11-19)20-6-4-18(5-7-20)25(32)28-12-9-17-3-8-23-21(15-17)22(16-29-23)24(26)27/h3-8,15-16,19,29H,9-14H2,1-2H3,(H3,26,27)(H,28,32). The van der Waals surface area contributed by atoms with E-state index in [1.807, 2.05) is 42.5 Å². The summed E-state index contributed by atoms with van der Waals surface area (Å²) in [7, 11) is 4.30. The Kier molecular flexibility index (Phi) is 6.46. The summed E-state index contributed by atoms with van der Waals surface area (Å²) in [6, 6.07) is 14.6. The van der Waals surface area contributed by atoms with E-state index in [0.717, 1.165) is 42.4 Å². The smallest absolute Gasteiger partial charge is 0.251 e. The van der Waals surface area contributed by atoms with Crippen LogP contribution in [0.25, 0.3) is 10.9 Å². The fourth-order valence-electron chi connectivity index (χ4n) is 4.43. The summed E-state index contributed by atoms with van der Waals surface area (Å²) < 4.78 is 0. The number of amidine groups is 1. The number of rotatable bonds is 7. The van der Waals surface area contributed by atoms with E-state index >= 15 is 0 Å². The third kappa shape index (κ3) is 4.78. The zero-order valence-electron chi connectivity index (χ0n) is 18.8. The first-order valence-electron chi connectivity index (χ1n) is 11.2. The van der Waals surface area contributed by atoms with Gasteiger partial charge in [-0.15, -0.1) is 0 Å². The van der Waals surface area contributed by atoms with Crippen LogP contribution in [-0.2, 0) is 6.42 Å². The highest BCUT2D eigenvalue weighted by molar-refractivity contribution is 6.07. The molecule has 4 rings (SSSR count). The van der Waals surface area contributed by atoms with Gasteiger partial charge in [0.25, 0.3) is 5.91 Å². The Morgan fingerprint density at radius 1 is 1.19 bits per heavy atom. The molecule has 1 aliphatic heterocycles. The van der Waals surface area contributed by atoms with Crippen LogP contribution < -0.4 is 16.0 Å². The van der Waals surface area contributed by atoms with Crippen molar-refractivity contribution in [1.29, 1.82) is 5.41 Å². The molecule has 0 saturated carbocycles. The van der Waals surface area contributed by atoms with Crippen molar-refractivity contribution in [2.24, 2.45) is 5.73 Å². The van der Waals surface area contributed by atoms with E-state index in [9.17, 15) is 4.79 Å². The maximum absolute atomic E-state index is 12.6. The van der Waals surface area contributed by atoms with Crippen LogP contribution in [0.15, 0.2) is 48.7 Å². The molecular formula is C25H32N6O. The topological polar surface area (TPSA) is 101 Å². The van der Waals surface area contributed by atoms with E-state index in [1.165, 1.54) is 5.69 Å². The summed E-state index contributed by atoms with van der Waals surface area (Å²) in [5.74, 6) is -0.0118. The molecule has 168 valence electrons. The van der Waals surface area contributed by atoms with Gasteiger partial charge in [0.1, 0.15) is 5.84 Å². The molecule has 0 bridgehead atoms. The second-order valence-electron chi connectivity index (χ2n) is 8.73. The summed E-state index contributed by atoms with van der Waals surface area (Å²) in [5, 5.41) is 11.6. The van der Waals surface area contributed by atoms with E-state index in [4.69, 9.17) is 11.1 Å². The molecule has 1 aromatic heterocycles. The fraction of sp³-hybridized carbons (Fsp3) is 0.360. The maximum atomic E-state index is 12.6. The number of benzene rings is 2. The zero-order chi connectivity index (χ0) is 22.7. The van der Waals surface area contributed by atoms with Crippen molar-refractivity contribution in [2.45, 2.75) is 25.3 Å². The minimum atomic E-state index is -0.0602. The molecule has 2 heterocycles. The minimum Gasteiger partial charge on any atom is -0.384 e. The monoisotopic (exact) mass is 432 g/mol. The molecule has 32 heavy (non-hydrogen) atoms. The van der Waals surface area contributed by atoms with Crippen LogP contribution in [0.1, 0.15) is 34.3 Å². The third-order valence-corrected chi connectivity index (χ3v) is 6.42. The van der Waals surface area contributed by atoms with Gasteiger partial charge in [-0.1, -0.05) is 6.07 Å². The molecule has 5 N–H and O–H groups in total. The second-order valence-corrected chi connectivity index (χ2v) is 8.73. The predicted octanol–water partition coefficient (Wildman–Crippen LogP) is 2.95. The van der Waals surface area contributed by atoms with E-state index in [-0.39, 0.29) is 11.7 Å². The van der Waals surface area contributed by atoms with Crippen LogP contribution in [0.2, 0.25) is 0 Å². The largest absolute Gasteiger partial charge is 0.384 e. The Morgan fingerprint density at radius 3 is 2.56 bits per heavy atom. The molecule has 1 fully saturated rings. The minimum absolute atomic E-state index is 0.0484. The van der Waals surface area contributed by atoms with Gasteiger partial charge in [-0.2, -0.15) is 0 Å². The lowest BCUT2D eigenvalue weighted by atomic mass is 10.0. The Morgan fingerprint density at radius 2 is 1.91 bits per heavy atom. The molecule has 1 saturated heterocycles. The lowest BCUT2D eigenvalue weighted by Crippen LogP contribution is -2.42. The summed E-state index contributed by atoms with van der Waals surface area (Å²) in [4.78, 5) is 20.4. The number of hydrogen-bond acceptors (Lipinski definition) is 4. The first-order valence-corrected chi connectivity index (χ1v) is 11.2. The molecule has 0 unspecified atom stereocenters. The van der Waals surface area contributed by atoms with Crippen LogP contribution in [-0.4, -0.2) is 61.4 Å². The highest BCUT2D eigenvalue weighted by atomic mass is 16.1. The number of carbonyl (C=O) groups excluding carboxylic acids is 1. The van der Waals surface area contributed by atoms with E-state index in [2.05, 4.69) is 34.2 Å². The third-order valence-electron chi connectivity index (χ3n) is 6.42. The number of aromatic nitrogens is 1. The normalized spacial score (nSPS) is 14.8. The summed E-state index contributed by atoms with van der Waals surface area (Å²) in [5.41, 5.74) is 10.3. The number of hydrogen-bond donors (Lipinski definition) is 4. The number of carbonyl (C=O) groups is 1. The SMILES string of the molecule is CN(C)C1CCN(c2ccc(C(=O)NCCc3ccc4[nH]cc(C(=N)N)c4c3)cc2)CC1. The van der Waals surface area contributed by atoms with Gasteiger partial charge < -0.3 is 25.8 Å². The lowest BCUT2D eigenvalue weighted by molar-refractivity contribution is 0.0954. The average Bonchev–Trinajstić information content (AvgIpc) is 3.23. The predicted molar refractivity (Wildman–Crippen MR) is 131 cm³/mol. The van der Waals surface area contributed by atoms with Crippen molar-refractivity contribution in [2.75, 3.05) is 38.6 Å². The van der Waals surface area contributed by atoms with Gasteiger partial charge in [-0.05, 0) is 75.3 Å². The molecule has 1 amide bonds. The van der Waals surface area contributed by atoms with Crippen LogP contribution in [0, 0.1) is 5.41 Å². The Labute approximate surface area is 189 Å². The van der Waals surface area contributed by atoms with Crippen molar-refractivity contribution in [3.63, 3.8) is 0 Å². The molecule has 0 radical (unpaired) electrons. The van der Waals surface area contributed by atoms with Crippen LogP contribution >= 0.6 is 0 Å². The van der Waals surface area contributed by atoms with Gasteiger partial charge in [-0.25, -0.2) is 0 Å². The quantitative estimate of drug-likeness (QED) is 0.341. The number of nitrogens with two attached hydrogens (primary N) is 1. The van der Waals surface area contributed by atoms with Crippen LogP contribution in [0.3, 0.4) is 0 Å². The van der Waals surface area contributed by atoms with Crippen molar-refractivity contribution >= 4 is 28.3 Å². The number of H-pyrrole nitrogens is 1. The highest BCUT2D eigenvalue weighted by Gasteiger charge is 2.20. The van der Waals surface area contributed by atoms with Crippen molar-refractivity contribution < 1.29 is 4.79 Å². The number of nitrogens with zero attached hydrogens (tertiary/aromatic N) is 2. The van der Waals surface area contributed by atoms with Gasteiger partial charge in [-0.3, -0.25) is 10.2 Å². The fourth-order valence-corrected chi connectivity index (χ4v) is 4.43. The molecular weight excluding hydrogens is 400 g/mol. The molecule has 1 aliphatic rings. The summed E-state index contributed by atoms with van der Waals surface area (Å²) >= 11 is 0.